The molecular weight excluding hydrogens is 429 g/mol. The van der Waals surface area contributed by atoms with E-state index in [-0.39, 0.29) is 35.3 Å². The normalized spacial score (nSPS) is 13.5. The Kier molecular flexibility index (Phi) is 6.51. The van der Waals surface area contributed by atoms with Crippen molar-refractivity contribution < 1.29 is 22.5 Å². The molecule has 31 heavy (non-hydrogen) atoms. The van der Waals surface area contributed by atoms with Crippen LogP contribution in [0.15, 0.2) is 59.5 Å². The van der Waals surface area contributed by atoms with E-state index in [1.165, 1.54) is 24.3 Å². The number of anilines is 2. The number of nitrogens with two attached hydrogens (primary N) is 1. The molecule has 0 aliphatic heterocycles. The number of aliphatic hydroxyl groups excluding tert-OH is 1. The molecule has 0 aliphatic rings. The van der Waals surface area contributed by atoms with Crippen molar-refractivity contribution in [1.82, 2.24) is 9.97 Å². The fourth-order valence-corrected chi connectivity index (χ4v) is 4.64. The minimum Gasteiger partial charge on any atom is -0.399 e. The molecule has 1 heterocycles. The van der Waals surface area contributed by atoms with Gasteiger partial charge in [0.05, 0.1) is 23.6 Å². The van der Waals surface area contributed by atoms with Gasteiger partial charge in [0.2, 0.25) is 0 Å². The van der Waals surface area contributed by atoms with Gasteiger partial charge in [0.1, 0.15) is 5.82 Å². The molecule has 1 aromatic heterocycles. The van der Waals surface area contributed by atoms with Crippen LogP contribution in [0.2, 0.25) is 0 Å². The molecule has 164 valence electrons. The van der Waals surface area contributed by atoms with Gasteiger partial charge in [-0.25, -0.2) is 9.97 Å². The highest BCUT2D eigenvalue weighted by molar-refractivity contribution is 7.99. The summed E-state index contributed by atoms with van der Waals surface area (Å²) in [6, 6.07) is 12.9. The summed E-state index contributed by atoms with van der Waals surface area (Å²) < 4.78 is 53.5. The Morgan fingerprint density at radius 1 is 1.10 bits per heavy atom. The first-order valence-electron chi connectivity index (χ1n) is 9.20. The summed E-state index contributed by atoms with van der Waals surface area (Å²) >= 11 is 0. The molecule has 0 spiro atoms. The van der Waals surface area contributed by atoms with E-state index in [1.54, 1.807) is 24.3 Å². The van der Waals surface area contributed by atoms with E-state index in [2.05, 4.69) is 21.2 Å². The Labute approximate surface area is 178 Å². The van der Waals surface area contributed by atoms with Gasteiger partial charge < -0.3 is 16.2 Å². The quantitative estimate of drug-likeness (QED) is 0.377. The molecular formula is C21H21F3N4O2S. The van der Waals surface area contributed by atoms with Gasteiger partial charge >= 0.3 is 6.18 Å². The number of nitrogen functional groups attached to an aromatic ring is 1. The van der Waals surface area contributed by atoms with Gasteiger partial charge in [0.15, 0.2) is 5.82 Å². The standard InChI is InChI=1S/C21H21F3N4O2S/c1-31(30,18-5-3-2-4-17(18)21(22,23)24)13-16-12-19(26-10-11-29)28-20(27-16)14-6-8-15(25)9-7-14/h2-9,12,29H,1,10-11,13,25H2,(H,26,27,28). The number of hydrogen-bond acceptors (Lipinski definition) is 6. The Morgan fingerprint density at radius 2 is 1.77 bits per heavy atom. The Balaban J connectivity index is 2.04. The highest BCUT2D eigenvalue weighted by Crippen LogP contribution is 2.35. The number of hydrogen-bond donors (Lipinski definition) is 3. The zero-order valence-corrected chi connectivity index (χ0v) is 17.2. The van der Waals surface area contributed by atoms with Crippen molar-refractivity contribution in [2.75, 3.05) is 24.2 Å². The fraction of sp³-hybridized carbons (Fsp3) is 0.190. The van der Waals surface area contributed by atoms with E-state index in [9.17, 15) is 17.4 Å². The fourth-order valence-electron chi connectivity index (χ4n) is 2.95. The summed E-state index contributed by atoms with van der Waals surface area (Å²) in [7, 11) is -3.38. The lowest BCUT2D eigenvalue weighted by molar-refractivity contribution is -0.139. The second kappa shape index (κ2) is 8.94. The van der Waals surface area contributed by atoms with E-state index in [0.717, 1.165) is 6.07 Å². The van der Waals surface area contributed by atoms with Crippen LogP contribution >= 0.6 is 0 Å². The van der Waals surface area contributed by atoms with Crippen molar-refractivity contribution in [2.24, 2.45) is 0 Å². The van der Waals surface area contributed by atoms with Crippen molar-refractivity contribution in [3.63, 3.8) is 0 Å². The van der Waals surface area contributed by atoms with Crippen LogP contribution in [-0.4, -0.2) is 38.3 Å². The number of rotatable bonds is 7. The molecule has 0 radical (unpaired) electrons. The van der Waals surface area contributed by atoms with Crippen LogP contribution in [0.5, 0.6) is 0 Å². The maximum Gasteiger partial charge on any atom is 0.417 e. The SMILES string of the molecule is C=S(=O)(Cc1cc(NCCO)nc(-c2ccc(N)cc2)n1)c1ccccc1C(F)(F)F. The molecule has 0 aliphatic carbocycles. The molecule has 4 N–H and O–H groups in total. The van der Waals surface area contributed by atoms with Crippen molar-refractivity contribution >= 4 is 26.9 Å². The van der Waals surface area contributed by atoms with E-state index in [1.807, 2.05) is 0 Å². The van der Waals surface area contributed by atoms with E-state index in [4.69, 9.17) is 10.8 Å². The first kappa shape index (κ1) is 22.6. The van der Waals surface area contributed by atoms with Crippen molar-refractivity contribution in [1.29, 1.82) is 0 Å². The minimum atomic E-state index is -4.66. The van der Waals surface area contributed by atoms with Gasteiger partial charge in [-0.2, -0.15) is 13.2 Å². The first-order valence-corrected chi connectivity index (χ1v) is 11.1. The number of nitrogens with one attached hydrogen (secondary N) is 1. The van der Waals surface area contributed by atoms with Gasteiger partial charge in [-0.05, 0) is 42.3 Å². The predicted molar refractivity (Wildman–Crippen MR) is 116 cm³/mol. The van der Waals surface area contributed by atoms with Crippen molar-refractivity contribution in [3.05, 3.63) is 65.9 Å². The number of nitrogens with zero attached hydrogens (tertiary/aromatic N) is 2. The molecule has 0 fully saturated rings. The molecule has 6 nitrogen and oxygen atoms in total. The lowest BCUT2D eigenvalue weighted by Crippen LogP contribution is -2.15. The topological polar surface area (TPSA) is 101 Å². The maximum absolute atomic E-state index is 13.4. The van der Waals surface area contributed by atoms with Crippen LogP contribution in [0, 0.1) is 0 Å². The third-order valence-electron chi connectivity index (χ3n) is 4.34. The van der Waals surface area contributed by atoms with Crippen LogP contribution in [0.25, 0.3) is 11.4 Å². The number of alkyl halides is 3. The molecule has 3 aromatic rings. The third kappa shape index (κ3) is 5.53. The van der Waals surface area contributed by atoms with E-state index >= 15 is 0 Å². The molecule has 3 rings (SSSR count). The Morgan fingerprint density at radius 3 is 2.42 bits per heavy atom. The van der Waals surface area contributed by atoms with Crippen LogP contribution in [0.1, 0.15) is 11.3 Å². The number of aliphatic hydroxyl groups is 1. The second-order valence-electron chi connectivity index (χ2n) is 6.79. The zero-order valence-electron chi connectivity index (χ0n) is 16.4. The number of benzene rings is 2. The van der Waals surface area contributed by atoms with Gasteiger partial charge in [-0.15, -0.1) is 0 Å². The third-order valence-corrected chi connectivity index (χ3v) is 6.26. The second-order valence-corrected chi connectivity index (χ2v) is 9.14. The molecule has 2 aromatic carbocycles. The summed E-state index contributed by atoms with van der Waals surface area (Å²) in [5.74, 6) is 3.90. The lowest BCUT2D eigenvalue weighted by Gasteiger charge is -2.17. The highest BCUT2D eigenvalue weighted by atomic mass is 32.2. The molecule has 1 unspecified atom stereocenters. The number of halogens is 3. The largest absolute Gasteiger partial charge is 0.417 e. The van der Waals surface area contributed by atoms with E-state index in [0.29, 0.717) is 17.1 Å². The number of aromatic nitrogens is 2. The molecule has 0 saturated heterocycles. The van der Waals surface area contributed by atoms with Crippen LogP contribution in [0.4, 0.5) is 24.7 Å². The molecule has 0 saturated carbocycles. The summed E-state index contributed by atoms with van der Waals surface area (Å²) in [6.45, 7) is 0.0515. The summed E-state index contributed by atoms with van der Waals surface area (Å²) in [6.07, 6.45) is -4.66. The summed E-state index contributed by atoms with van der Waals surface area (Å²) in [4.78, 5) is 8.38. The van der Waals surface area contributed by atoms with Gasteiger partial charge in [-0.3, -0.25) is 4.21 Å². The molecule has 1 atom stereocenters. The van der Waals surface area contributed by atoms with Crippen molar-refractivity contribution in [2.45, 2.75) is 16.8 Å². The molecule has 0 amide bonds. The summed E-state index contributed by atoms with van der Waals surface area (Å²) in [5, 5.41) is 12.0. The molecule has 0 bridgehead atoms. The smallest absolute Gasteiger partial charge is 0.399 e. The molecule has 10 heteroatoms. The van der Waals surface area contributed by atoms with Gasteiger partial charge in [0, 0.05) is 38.3 Å². The maximum atomic E-state index is 13.4. The van der Waals surface area contributed by atoms with Gasteiger partial charge in [0.25, 0.3) is 0 Å². The first-order chi connectivity index (χ1) is 14.6. The Hall–Kier alpha value is -3.11. The van der Waals surface area contributed by atoms with Crippen LogP contribution in [-0.2, 0) is 21.5 Å². The minimum absolute atomic E-state index is 0.151. The van der Waals surface area contributed by atoms with Crippen molar-refractivity contribution in [3.8, 4) is 11.4 Å². The lowest BCUT2D eigenvalue weighted by atomic mass is 10.2. The predicted octanol–water partition coefficient (Wildman–Crippen LogP) is 3.42. The van der Waals surface area contributed by atoms with Crippen LogP contribution < -0.4 is 11.1 Å². The average Bonchev–Trinajstić information content (AvgIpc) is 2.71. The Bertz CT molecular complexity index is 1160. The zero-order chi connectivity index (χ0) is 22.6. The van der Waals surface area contributed by atoms with E-state index < -0.39 is 21.3 Å². The highest BCUT2D eigenvalue weighted by Gasteiger charge is 2.35. The monoisotopic (exact) mass is 450 g/mol. The average molecular weight is 450 g/mol. The summed E-state index contributed by atoms with van der Waals surface area (Å²) in [5.41, 5.74) is 6.14. The van der Waals surface area contributed by atoms with Crippen LogP contribution in [0.3, 0.4) is 0 Å². The van der Waals surface area contributed by atoms with Gasteiger partial charge in [-0.1, -0.05) is 12.1 Å².